The van der Waals surface area contributed by atoms with Crippen LogP contribution in [0.1, 0.15) is 19.4 Å². The summed E-state index contributed by atoms with van der Waals surface area (Å²) < 4.78 is 13.4. The van der Waals surface area contributed by atoms with Crippen LogP contribution in [-0.4, -0.2) is 11.4 Å². The summed E-state index contributed by atoms with van der Waals surface area (Å²) in [5.74, 6) is -0.967. The van der Waals surface area contributed by atoms with E-state index in [2.05, 4.69) is 5.32 Å². The first kappa shape index (κ1) is 13.5. The average Bonchev–Trinajstić information content (AvgIpc) is 2.23. The number of benzene rings is 1. The summed E-state index contributed by atoms with van der Waals surface area (Å²) in [5, 5.41) is 11.4. The van der Waals surface area contributed by atoms with Gasteiger partial charge in [0.1, 0.15) is 11.4 Å². The number of amides is 1. The van der Waals surface area contributed by atoms with Crippen molar-refractivity contribution in [3.63, 3.8) is 0 Å². The van der Waals surface area contributed by atoms with Gasteiger partial charge in [-0.1, -0.05) is 17.7 Å². The summed E-state index contributed by atoms with van der Waals surface area (Å²) >= 11 is 5.79. The van der Waals surface area contributed by atoms with Gasteiger partial charge in [0.25, 0.3) is 0 Å². The van der Waals surface area contributed by atoms with Gasteiger partial charge in [-0.25, -0.2) is 4.39 Å². The number of carbonyl (C=O) groups excluding carboxylic acids is 1. The van der Waals surface area contributed by atoms with Crippen LogP contribution in [0.2, 0.25) is 5.02 Å². The van der Waals surface area contributed by atoms with E-state index in [4.69, 9.17) is 16.9 Å². The lowest BCUT2D eigenvalue weighted by Crippen LogP contribution is -2.42. The highest BCUT2D eigenvalue weighted by atomic mass is 35.5. The lowest BCUT2D eigenvalue weighted by atomic mass is 10.1. The fraction of sp³-hybridized carbons (Fsp3) is 0.333. The summed E-state index contributed by atoms with van der Waals surface area (Å²) in [5.41, 5.74) is -0.838. The number of nitriles is 1. The quantitative estimate of drug-likeness (QED) is 0.901. The Labute approximate surface area is 104 Å². The lowest BCUT2D eigenvalue weighted by molar-refractivity contribution is -0.121. The van der Waals surface area contributed by atoms with Crippen molar-refractivity contribution in [1.29, 1.82) is 5.26 Å². The first-order valence-electron chi connectivity index (χ1n) is 5.01. The monoisotopic (exact) mass is 254 g/mol. The fourth-order valence-electron chi connectivity index (χ4n) is 1.28. The van der Waals surface area contributed by atoms with Gasteiger partial charge in [-0.3, -0.25) is 4.79 Å². The van der Waals surface area contributed by atoms with E-state index >= 15 is 0 Å². The van der Waals surface area contributed by atoms with Crippen LogP contribution in [-0.2, 0) is 11.2 Å². The Bertz CT molecular complexity index is 460. The van der Waals surface area contributed by atoms with E-state index in [1.165, 1.54) is 18.2 Å². The van der Waals surface area contributed by atoms with Crippen molar-refractivity contribution in [2.45, 2.75) is 25.8 Å². The maximum Gasteiger partial charge on any atom is 0.225 e. The molecule has 0 aliphatic carbocycles. The van der Waals surface area contributed by atoms with Crippen LogP contribution >= 0.6 is 11.6 Å². The van der Waals surface area contributed by atoms with Gasteiger partial charge < -0.3 is 5.32 Å². The van der Waals surface area contributed by atoms with Gasteiger partial charge in [-0.05, 0) is 26.0 Å². The Morgan fingerprint density at radius 3 is 2.76 bits per heavy atom. The first-order valence-corrected chi connectivity index (χ1v) is 5.38. The normalized spacial score (nSPS) is 10.8. The molecule has 0 bridgehead atoms. The number of carbonyl (C=O) groups is 1. The van der Waals surface area contributed by atoms with E-state index in [9.17, 15) is 9.18 Å². The minimum Gasteiger partial charge on any atom is -0.338 e. The van der Waals surface area contributed by atoms with Gasteiger partial charge in [0.05, 0.1) is 12.5 Å². The Morgan fingerprint density at radius 1 is 1.59 bits per heavy atom. The van der Waals surface area contributed by atoms with Gasteiger partial charge in [-0.2, -0.15) is 5.26 Å². The Kier molecular flexibility index (Phi) is 4.08. The third-order valence-corrected chi connectivity index (χ3v) is 2.48. The van der Waals surface area contributed by atoms with Gasteiger partial charge in [0.2, 0.25) is 5.91 Å². The molecule has 1 N–H and O–H groups in total. The minimum absolute atomic E-state index is 0.139. The number of hydrogen-bond donors (Lipinski definition) is 1. The van der Waals surface area contributed by atoms with Crippen LogP contribution in [0.3, 0.4) is 0 Å². The van der Waals surface area contributed by atoms with E-state index in [1.807, 2.05) is 6.07 Å². The second kappa shape index (κ2) is 5.15. The summed E-state index contributed by atoms with van der Waals surface area (Å²) in [7, 11) is 0. The Morgan fingerprint density at radius 2 is 2.24 bits per heavy atom. The molecule has 5 heteroatoms. The van der Waals surface area contributed by atoms with Crippen LogP contribution in [0.15, 0.2) is 18.2 Å². The fourth-order valence-corrected chi connectivity index (χ4v) is 1.51. The van der Waals surface area contributed by atoms with Crippen molar-refractivity contribution in [3.8, 4) is 6.07 Å². The summed E-state index contributed by atoms with van der Waals surface area (Å²) in [6.45, 7) is 3.13. The average molecular weight is 255 g/mol. The highest BCUT2D eigenvalue weighted by molar-refractivity contribution is 6.31. The third-order valence-electron chi connectivity index (χ3n) is 2.13. The number of nitrogens with zero attached hydrogens (tertiary/aromatic N) is 1. The van der Waals surface area contributed by atoms with Gasteiger partial charge in [-0.15, -0.1) is 0 Å². The van der Waals surface area contributed by atoms with E-state index in [1.54, 1.807) is 13.8 Å². The molecule has 17 heavy (non-hydrogen) atoms. The van der Waals surface area contributed by atoms with E-state index in [0.717, 1.165) is 0 Å². The SMILES string of the molecule is CC(C)(C#N)NC(=O)Cc1c(F)cccc1Cl. The predicted octanol–water partition coefficient (Wildman–Crippen LogP) is 2.44. The molecule has 0 atom stereocenters. The van der Waals surface area contributed by atoms with E-state index in [-0.39, 0.29) is 17.0 Å². The van der Waals surface area contributed by atoms with Crippen molar-refractivity contribution in [2.75, 3.05) is 0 Å². The molecule has 0 fully saturated rings. The lowest BCUT2D eigenvalue weighted by Gasteiger charge is -2.17. The maximum absolute atomic E-state index is 13.4. The molecule has 0 heterocycles. The molecule has 3 nitrogen and oxygen atoms in total. The molecule has 0 aliphatic heterocycles. The minimum atomic E-state index is -0.977. The molecular weight excluding hydrogens is 243 g/mol. The van der Waals surface area contributed by atoms with Crippen LogP contribution in [0.4, 0.5) is 4.39 Å². The second-order valence-corrected chi connectivity index (χ2v) is 4.57. The molecule has 0 unspecified atom stereocenters. The van der Waals surface area contributed by atoms with Gasteiger partial charge >= 0.3 is 0 Å². The molecule has 1 amide bonds. The second-order valence-electron chi connectivity index (χ2n) is 4.16. The molecule has 0 spiro atoms. The number of hydrogen-bond acceptors (Lipinski definition) is 2. The largest absolute Gasteiger partial charge is 0.338 e. The highest BCUT2D eigenvalue weighted by Gasteiger charge is 2.20. The van der Waals surface area contributed by atoms with Crippen LogP contribution in [0, 0.1) is 17.1 Å². The highest BCUT2D eigenvalue weighted by Crippen LogP contribution is 2.19. The molecule has 90 valence electrons. The summed E-state index contributed by atoms with van der Waals surface area (Å²) in [6.07, 6.45) is -0.184. The standard InChI is InChI=1S/C12H12ClFN2O/c1-12(2,7-15)16-11(17)6-8-9(13)4-3-5-10(8)14/h3-5H,6H2,1-2H3,(H,16,17). The molecule has 0 radical (unpaired) electrons. The zero-order chi connectivity index (χ0) is 13.1. The van der Waals surface area contributed by atoms with Gasteiger partial charge in [0, 0.05) is 10.6 Å². The number of halogens is 2. The molecule has 1 aromatic rings. The Balaban J connectivity index is 2.80. The molecule has 0 saturated carbocycles. The van der Waals surface area contributed by atoms with Crippen molar-refractivity contribution in [3.05, 3.63) is 34.6 Å². The molecular formula is C12H12ClFN2O. The van der Waals surface area contributed by atoms with Crippen LogP contribution < -0.4 is 5.32 Å². The van der Waals surface area contributed by atoms with Crippen LogP contribution in [0.5, 0.6) is 0 Å². The first-order chi connectivity index (χ1) is 7.85. The van der Waals surface area contributed by atoms with E-state index < -0.39 is 17.3 Å². The molecule has 1 rings (SSSR count). The maximum atomic E-state index is 13.4. The van der Waals surface area contributed by atoms with Gasteiger partial charge in [0.15, 0.2) is 0 Å². The summed E-state index contributed by atoms with van der Waals surface area (Å²) in [4.78, 5) is 11.6. The molecule has 0 aromatic heterocycles. The van der Waals surface area contributed by atoms with Crippen LogP contribution in [0.25, 0.3) is 0 Å². The Hall–Kier alpha value is -1.60. The summed E-state index contributed by atoms with van der Waals surface area (Å²) in [6, 6.07) is 6.16. The van der Waals surface area contributed by atoms with Crippen molar-refractivity contribution >= 4 is 17.5 Å². The smallest absolute Gasteiger partial charge is 0.225 e. The zero-order valence-electron chi connectivity index (χ0n) is 9.55. The molecule has 1 aromatic carbocycles. The van der Waals surface area contributed by atoms with E-state index in [0.29, 0.717) is 0 Å². The molecule has 0 aliphatic rings. The van der Waals surface area contributed by atoms with Crippen molar-refractivity contribution in [1.82, 2.24) is 5.32 Å². The van der Waals surface area contributed by atoms with Crippen molar-refractivity contribution < 1.29 is 9.18 Å². The topological polar surface area (TPSA) is 52.9 Å². The third kappa shape index (κ3) is 3.72. The number of nitrogens with one attached hydrogen (secondary N) is 1. The molecule has 0 saturated heterocycles. The number of rotatable bonds is 3. The zero-order valence-corrected chi connectivity index (χ0v) is 10.3. The van der Waals surface area contributed by atoms with Crippen molar-refractivity contribution in [2.24, 2.45) is 0 Å². The predicted molar refractivity (Wildman–Crippen MR) is 62.9 cm³/mol.